The molecule has 3 rings (SSSR count). The van der Waals surface area contributed by atoms with E-state index in [1.54, 1.807) is 18.2 Å². The quantitative estimate of drug-likeness (QED) is 0.340. The van der Waals surface area contributed by atoms with Gasteiger partial charge in [-0.1, -0.05) is 43.0 Å². The normalized spacial score (nSPS) is 10.3. The van der Waals surface area contributed by atoms with E-state index in [1.165, 1.54) is 5.56 Å². The Balaban J connectivity index is 1.47. The molecule has 154 valence electrons. The molecule has 0 spiro atoms. The summed E-state index contributed by atoms with van der Waals surface area (Å²) in [5.74, 6) is 1.24. The zero-order chi connectivity index (χ0) is 21.2. The topological polar surface area (TPSA) is 47.6 Å². The predicted molar refractivity (Wildman–Crippen MR) is 121 cm³/mol. The zero-order valence-corrected chi connectivity index (χ0v) is 17.3. The predicted octanol–water partition coefficient (Wildman–Crippen LogP) is 5.91. The molecule has 0 fully saturated rings. The van der Waals surface area contributed by atoms with E-state index in [2.05, 4.69) is 36.2 Å². The number of ether oxygens (including phenoxy) is 2. The molecule has 0 saturated heterocycles. The highest BCUT2D eigenvalue weighted by Crippen LogP contribution is 2.19. The molecule has 0 unspecified atom stereocenters. The molecule has 1 N–H and O–H groups in total. The molecular weight excluding hydrogens is 374 g/mol. The van der Waals surface area contributed by atoms with E-state index >= 15 is 0 Å². The van der Waals surface area contributed by atoms with Gasteiger partial charge in [0.25, 0.3) is 5.91 Å². The van der Waals surface area contributed by atoms with Crippen molar-refractivity contribution in [3.63, 3.8) is 0 Å². The Labute approximate surface area is 178 Å². The Morgan fingerprint density at radius 3 is 2.40 bits per heavy atom. The minimum absolute atomic E-state index is 0.188. The van der Waals surface area contributed by atoms with Crippen molar-refractivity contribution in [3.8, 4) is 11.5 Å². The summed E-state index contributed by atoms with van der Waals surface area (Å²) in [5, 5.41) is 2.90. The summed E-state index contributed by atoms with van der Waals surface area (Å²) in [7, 11) is 0. The van der Waals surface area contributed by atoms with Crippen LogP contribution < -0.4 is 14.8 Å². The van der Waals surface area contributed by atoms with Crippen LogP contribution in [0, 0.1) is 0 Å². The van der Waals surface area contributed by atoms with Crippen LogP contribution in [0.15, 0.2) is 91.0 Å². The number of nitrogens with one attached hydrogen (secondary N) is 1. The Bertz CT molecular complexity index is 965. The van der Waals surface area contributed by atoms with Gasteiger partial charge in [-0.3, -0.25) is 4.79 Å². The summed E-state index contributed by atoms with van der Waals surface area (Å²) in [5.41, 5.74) is 3.49. The molecule has 1 amide bonds. The Kier molecular flexibility index (Phi) is 7.67. The highest BCUT2D eigenvalue weighted by Gasteiger charge is 2.08. The van der Waals surface area contributed by atoms with Crippen LogP contribution in [0.2, 0.25) is 0 Å². The fraction of sp³-hybridized carbons (Fsp3) is 0.192. The molecule has 0 bridgehead atoms. The largest absolute Gasteiger partial charge is 0.494 e. The van der Waals surface area contributed by atoms with Gasteiger partial charge in [-0.15, -0.1) is 0 Å². The average Bonchev–Trinajstić information content (AvgIpc) is 2.77. The third-order valence-corrected chi connectivity index (χ3v) is 4.41. The standard InChI is InChI=1S/C26H27NO3/c1-20(2)19-30-25-12-6-11-22(18-25)26(28)27-23-13-15-24(16-14-23)29-17-7-10-21-8-4-3-5-9-21/h3-6,8-9,11-16,18H,1,7,10,17,19H2,2H3,(H,27,28). The smallest absolute Gasteiger partial charge is 0.255 e. The van der Waals surface area contributed by atoms with Crippen LogP contribution in [0.3, 0.4) is 0 Å². The van der Waals surface area contributed by atoms with Crippen LogP contribution in [-0.4, -0.2) is 19.1 Å². The van der Waals surface area contributed by atoms with Crippen molar-refractivity contribution in [2.75, 3.05) is 18.5 Å². The highest BCUT2D eigenvalue weighted by atomic mass is 16.5. The van der Waals surface area contributed by atoms with Crippen molar-refractivity contribution in [1.82, 2.24) is 0 Å². The lowest BCUT2D eigenvalue weighted by Crippen LogP contribution is -2.12. The Morgan fingerprint density at radius 2 is 1.67 bits per heavy atom. The average molecular weight is 402 g/mol. The van der Waals surface area contributed by atoms with E-state index in [-0.39, 0.29) is 5.91 Å². The minimum atomic E-state index is -0.188. The van der Waals surface area contributed by atoms with Crippen molar-refractivity contribution in [2.24, 2.45) is 0 Å². The molecule has 3 aromatic carbocycles. The van der Waals surface area contributed by atoms with Crippen LogP contribution in [0.25, 0.3) is 0 Å². The first-order valence-corrected chi connectivity index (χ1v) is 10.1. The molecule has 0 radical (unpaired) electrons. The van der Waals surface area contributed by atoms with E-state index in [9.17, 15) is 4.79 Å². The van der Waals surface area contributed by atoms with Gasteiger partial charge in [0.2, 0.25) is 0 Å². The van der Waals surface area contributed by atoms with Crippen molar-refractivity contribution < 1.29 is 14.3 Å². The third-order valence-electron chi connectivity index (χ3n) is 4.41. The summed E-state index contributed by atoms with van der Waals surface area (Å²) in [6, 6.07) is 24.9. The molecule has 0 aromatic heterocycles. The highest BCUT2D eigenvalue weighted by molar-refractivity contribution is 6.04. The van der Waals surface area contributed by atoms with E-state index in [4.69, 9.17) is 9.47 Å². The second-order valence-corrected chi connectivity index (χ2v) is 7.19. The molecule has 0 atom stereocenters. The zero-order valence-electron chi connectivity index (χ0n) is 17.3. The summed E-state index contributed by atoms with van der Waals surface area (Å²) >= 11 is 0. The lowest BCUT2D eigenvalue weighted by atomic mass is 10.1. The molecule has 30 heavy (non-hydrogen) atoms. The number of rotatable bonds is 10. The van der Waals surface area contributed by atoms with Gasteiger partial charge in [-0.05, 0) is 73.4 Å². The summed E-state index contributed by atoms with van der Waals surface area (Å²) in [4.78, 5) is 12.5. The number of carbonyl (C=O) groups excluding carboxylic acids is 1. The number of anilines is 1. The van der Waals surface area contributed by atoms with Gasteiger partial charge < -0.3 is 14.8 Å². The molecule has 4 nitrogen and oxygen atoms in total. The van der Waals surface area contributed by atoms with E-state index in [1.807, 2.05) is 43.3 Å². The number of amides is 1. The molecular formula is C26H27NO3. The first-order valence-electron chi connectivity index (χ1n) is 10.1. The van der Waals surface area contributed by atoms with Crippen molar-refractivity contribution in [1.29, 1.82) is 0 Å². The molecule has 3 aromatic rings. The SMILES string of the molecule is C=C(C)COc1cccc(C(=O)Nc2ccc(OCCCc3ccccc3)cc2)c1. The number of benzene rings is 3. The maximum atomic E-state index is 12.5. The lowest BCUT2D eigenvalue weighted by molar-refractivity contribution is 0.102. The summed E-state index contributed by atoms with van der Waals surface area (Å²) in [6.45, 7) is 6.79. The molecule has 0 heterocycles. The van der Waals surface area contributed by atoms with Crippen molar-refractivity contribution in [3.05, 3.63) is 102 Å². The second kappa shape index (κ2) is 10.9. The van der Waals surface area contributed by atoms with E-state index in [0.29, 0.717) is 30.2 Å². The van der Waals surface area contributed by atoms with Crippen LogP contribution in [0.4, 0.5) is 5.69 Å². The van der Waals surface area contributed by atoms with Gasteiger partial charge >= 0.3 is 0 Å². The maximum Gasteiger partial charge on any atom is 0.255 e. The Hall–Kier alpha value is -3.53. The lowest BCUT2D eigenvalue weighted by Gasteiger charge is -2.10. The second-order valence-electron chi connectivity index (χ2n) is 7.19. The minimum Gasteiger partial charge on any atom is -0.494 e. The maximum absolute atomic E-state index is 12.5. The van der Waals surface area contributed by atoms with Gasteiger partial charge in [-0.2, -0.15) is 0 Å². The van der Waals surface area contributed by atoms with Crippen molar-refractivity contribution >= 4 is 11.6 Å². The molecule has 0 aliphatic rings. The van der Waals surface area contributed by atoms with Crippen LogP contribution in [-0.2, 0) is 6.42 Å². The van der Waals surface area contributed by atoms with Crippen LogP contribution in [0.5, 0.6) is 11.5 Å². The number of hydrogen-bond donors (Lipinski definition) is 1. The van der Waals surface area contributed by atoms with Gasteiger partial charge in [-0.25, -0.2) is 0 Å². The van der Waals surface area contributed by atoms with E-state index < -0.39 is 0 Å². The van der Waals surface area contributed by atoms with Crippen LogP contribution in [0.1, 0.15) is 29.3 Å². The molecule has 4 heteroatoms. The van der Waals surface area contributed by atoms with Gasteiger partial charge in [0.15, 0.2) is 0 Å². The third kappa shape index (κ3) is 6.82. The number of hydrogen-bond acceptors (Lipinski definition) is 3. The molecule has 0 aliphatic heterocycles. The van der Waals surface area contributed by atoms with E-state index in [0.717, 1.165) is 24.2 Å². The molecule has 0 saturated carbocycles. The fourth-order valence-electron chi connectivity index (χ4n) is 2.88. The Morgan fingerprint density at radius 1 is 0.900 bits per heavy atom. The van der Waals surface area contributed by atoms with Gasteiger partial charge in [0, 0.05) is 11.3 Å². The van der Waals surface area contributed by atoms with Crippen LogP contribution >= 0.6 is 0 Å². The van der Waals surface area contributed by atoms with Crippen molar-refractivity contribution in [2.45, 2.75) is 19.8 Å². The first kappa shape index (κ1) is 21.2. The monoisotopic (exact) mass is 401 g/mol. The summed E-state index contributed by atoms with van der Waals surface area (Å²) in [6.07, 6.45) is 1.94. The summed E-state index contributed by atoms with van der Waals surface area (Å²) < 4.78 is 11.4. The number of carbonyl (C=O) groups is 1. The fourth-order valence-corrected chi connectivity index (χ4v) is 2.88. The molecule has 0 aliphatic carbocycles. The van der Waals surface area contributed by atoms with Gasteiger partial charge in [0.05, 0.1) is 6.61 Å². The van der Waals surface area contributed by atoms with Gasteiger partial charge in [0.1, 0.15) is 18.1 Å². The first-order chi connectivity index (χ1) is 14.6. The number of aryl methyl sites for hydroxylation is 1.